The summed E-state index contributed by atoms with van der Waals surface area (Å²) in [6, 6.07) is 1.52. The number of rotatable bonds is 2. The highest BCUT2D eigenvalue weighted by molar-refractivity contribution is 6.21. The number of carbonyl (C=O) groups is 3. The van der Waals surface area contributed by atoms with Gasteiger partial charge in [-0.05, 0) is 42.2 Å². The predicted octanol–water partition coefficient (Wildman–Crippen LogP) is 3.30. The second kappa shape index (κ2) is 7.36. The van der Waals surface area contributed by atoms with Gasteiger partial charge in [-0.15, -0.1) is 11.6 Å². The van der Waals surface area contributed by atoms with E-state index in [1.807, 2.05) is 0 Å². The number of nitrogens with two attached hydrogens (primary N) is 1. The molecule has 0 unspecified atom stereocenters. The van der Waals surface area contributed by atoms with Crippen molar-refractivity contribution in [3.63, 3.8) is 0 Å². The normalized spacial score (nSPS) is 37.3. The molecule has 2 heterocycles. The zero-order valence-electron chi connectivity index (χ0n) is 20.5. The van der Waals surface area contributed by atoms with Crippen molar-refractivity contribution in [3.8, 4) is 5.75 Å². The van der Waals surface area contributed by atoms with E-state index in [-0.39, 0.29) is 45.5 Å². The highest BCUT2D eigenvalue weighted by Crippen LogP contribution is 2.66. The van der Waals surface area contributed by atoms with Crippen molar-refractivity contribution in [2.75, 3.05) is 0 Å². The summed E-state index contributed by atoms with van der Waals surface area (Å²) in [7, 11) is 0. The van der Waals surface area contributed by atoms with Crippen LogP contribution >= 0.6 is 11.6 Å². The fourth-order valence-corrected chi connectivity index (χ4v) is 8.01. The van der Waals surface area contributed by atoms with E-state index in [0.717, 1.165) is 18.4 Å². The van der Waals surface area contributed by atoms with Crippen LogP contribution in [0.3, 0.4) is 0 Å². The van der Waals surface area contributed by atoms with Crippen LogP contribution in [0.5, 0.6) is 5.75 Å². The van der Waals surface area contributed by atoms with Crippen LogP contribution < -0.4 is 21.1 Å². The molecule has 5 rings (SSSR count). The third-order valence-corrected chi connectivity index (χ3v) is 10.5. The molecule has 34 heavy (non-hydrogen) atoms. The van der Waals surface area contributed by atoms with Gasteiger partial charge in [-0.2, -0.15) is 0 Å². The summed E-state index contributed by atoms with van der Waals surface area (Å²) in [6.45, 7) is 10.8. The van der Waals surface area contributed by atoms with E-state index in [1.165, 1.54) is 6.92 Å². The number of hydrogen-bond donors (Lipinski definition) is 3. The second-order valence-corrected chi connectivity index (χ2v) is 12.1. The Hall–Kier alpha value is -2.28. The van der Waals surface area contributed by atoms with Crippen molar-refractivity contribution in [2.45, 2.75) is 83.9 Å². The molecule has 7 nitrogen and oxygen atoms in total. The molecular weight excluding hydrogens is 454 g/mol. The Bertz CT molecular complexity index is 1120. The van der Waals surface area contributed by atoms with Gasteiger partial charge in [0.05, 0.1) is 16.5 Å². The van der Waals surface area contributed by atoms with E-state index >= 15 is 0 Å². The Kier molecular flexibility index (Phi) is 5.08. The summed E-state index contributed by atoms with van der Waals surface area (Å²) < 4.78 is 7.17. The van der Waals surface area contributed by atoms with Gasteiger partial charge in [0, 0.05) is 42.8 Å². The lowest BCUT2D eigenvalue weighted by molar-refractivity contribution is -0.214. The minimum Gasteiger partial charge on any atom is -0.486 e. The van der Waals surface area contributed by atoms with Gasteiger partial charge < -0.3 is 21.1 Å². The number of nitrogens with one attached hydrogen (secondary N) is 2. The van der Waals surface area contributed by atoms with E-state index in [0.29, 0.717) is 42.2 Å². The lowest BCUT2D eigenvalue weighted by atomic mass is 9.43. The van der Waals surface area contributed by atoms with E-state index in [2.05, 4.69) is 38.3 Å². The number of benzene rings is 1. The minimum absolute atomic E-state index is 0.107. The predicted molar refractivity (Wildman–Crippen MR) is 129 cm³/mol. The standard InChI is InChI=1S/C26H34ClN3O4/c1-12-6-7-18-24(3,4)21(27)17(30-13(2)31)10-26(18)25(12,5)9-14-8-15(22(28)32)19-16(20(14)34-26)11-29-23(19)33/h8,12,17-18,21H,6-7,9-11H2,1-5H3,(H2,28,32)(H,29,33)(H,30,31)/t12-,17+,18-,21-,25+,26-/m0/s1. The van der Waals surface area contributed by atoms with Gasteiger partial charge in [-0.3, -0.25) is 14.4 Å². The molecule has 3 amide bonds. The van der Waals surface area contributed by atoms with Crippen LogP contribution in [0.4, 0.5) is 0 Å². The number of hydrogen-bond acceptors (Lipinski definition) is 4. The molecule has 1 spiro atoms. The highest BCUT2D eigenvalue weighted by atomic mass is 35.5. The Labute approximate surface area is 205 Å². The number of alkyl halides is 1. The van der Waals surface area contributed by atoms with Gasteiger partial charge in [0.2, 0.25) is 11.8 Å². The molecule has 0 saturated heterocycles. The van der Waals surface area contributed by atoms with Crippen LogP contribution in [-0.2, 0) is 17.8 Å². The van der Waals surface area contributed by atoms with Crippen molar-refractivity contribution >= 4 is 29.3 Å². The van der Waals surface area contributed by atoms with Crippen molar-refractivity contribution in [3.05, 3.63) is 28.3 Å². The maximum Gasteiger partial charge on any atom is 0.252 e. The fraction of sp³-hybridized carbons (Fsp3) is 0.654. The maximum atomic E-state index is 12.6. The SMILES string of the molecule is CC(=O)N[C@@H]1C[C@@]23Oc4c(cc(C(N)=O)c5c4CNC5=O)C[C@]2(C)[C@@H](C)CC[C@H]3C(C)(C)[C@H]1Cl. The van der Waals surface area contributed by atoms with Crippen LogP contribution in [0.15, 0.2) is 6.07 Å². The summed E-state index contributed by atoms with van der Waals surface area (Å²) in [4.78, 5) is 37.0. The Morgan fingerprint density at radius 1 is 1.26 bits per heavy atom. The first kappa shape index (κ1) is 23.5. The molecule has 6 atom stereocenters. The average molecular weight is 488 g/mol. The first-order chi connectivity index (χ1) is 15.8. The molecule has 1 aromatic carbocycles. The second-order valence-electron chi connectivity index (χ2n) is 11.7. The fourth-order valence-electron chi connectivity index (χ4n) is 7.71. The maximum absolute atomic E-state index is 12.6. The van der Waals surface area contributed by atoms with Crippen molar-refractivity contribution < 1.29 is 19.1 Å². The molecule has 2 aliphatic carbocycles. The number of fused-ring (bicyclic) bond motifs is 3. The molecule has 0 aromatic heterocycles. The number of halogens is 1. The summed E-state index contributed by atoms with van der Waals surface area (Å²) in [5.41, 5.74) is 6.78. The van der Waals surface area contributed by atoms with Gasteiger partial charge in [0.1, 0.15) is 11.4 Å². The molecule has 4 aliphatic rings. The minimum atomic E-state index is -0.606. The summed E-state index contributed by atoms with van der Waals surface area (Å²) >= 11 is 7.04. The number of ether oxygens (including phenoxy) is 1. The largest absolute Gasteiger partial charge is 0.486 e. The van der Waals surface area contributed by atoms with E-state index in [1.54, 1.807) is 6.07 Å². The average Bonchev–Trinajstić information content (AvgIpc) is 3.12. The zero-order valence-corrected chi connectivity index (χ0v) is 21.3. The van der Waals surface area contributed by atoms with Crippen LogP contribution in [0.25, 0.3) is 0 Å². The summed E-state index contributed by atoms with van der Waals surface area (Å²) in [5.74, 6) is 0.201. The Morgan fingerprint density at radius 3 is 2.62 bits per heavy atom. The van der Waals surface area contributed by atoms with Crippen molar-refractivity contribution in [1.29, 1.82) is 0 Å². The monoisotopic (exact) mass is 487 g/mol. The molecule has 0 bridgehead atoms. The van der Waals surface area contributed by atoms with Crippen LogP contribution in [0.2, 0.25) is 0 Å². The van der Waals surface area contributed by atoms with E-state index in [4.69, 9.17) is 22.1 Å². The number of amides is 3. The van der Waals surface area contributed by atoms with E-state index < -0.39 is 11.5 Å². The van der Waals surface area contributed by atoms with Crippen LogP contribution in [-0.4, -0.2) is 34.7 Å². The molecule has 2 fully saturated rings. The topological polar surface area (TPSA) is 111 Å². The smallest absolute Gasteiger partial charge is 0.252 e. The van der Waals surface area contributed by atoms with Gasteiger partial charge in [0.25, 0.3) is 5.91 Å². The molecular formula is C26H34ClN3O4. The van der Waals surface area contributed by atoms with Gasteiger partial charge >= 0.3 is 0 Å². The lowest BCUT2D eigenvalue weighted by Gasteiger charge is -2.68. The van der Waals surface area contributed by atoms with Crippen molar-refractivity contribution in [2.24, 2.45) is 28.4 Å². The molecule has 1 aromatic rings. The van der Waals surface area contributed by atoms with Gasteiger partial charge in [0.15, 0.2) is 0 Å². The highest BCUT2D eigenvalue weighted by Gasteiger charge is 2.69. The Balaban J connectivity index is 1.73. The van der Waals surface area contributed by atoms with Crippen molar-refractivity contribution in [1.82, 2.24) is 10.6 Å². The summed E-state index contributed by atoms with van der Waals surface area (Å²) in [5, 5.41) is 5.72. The number of carbonyl (C=O) groups excluding carboxylic acids is 3. The first-order valence-electron chi connectivity index (χ1n) is 12.2. The molecule has 8 heteroatoms. The third-order valence-electron chi connectivity index (χ3n) is 9.60. The molecule has 184 valence electrons. The molecule has 2 aliphatic heterocycles. The Morgan fingerprint density at radius 2 is 1.97 bits per heavy atom. The third kappa shape index (κ3) is 2.91. The van der Waals surface area contributed by atoms with Gasteiger partial charge in [-0.1, -0.05) is 27.7 Å². The van der Waals surface area contributed by atoms with Crippen LogP contribution in [0.1, 0.15) is 85.7 Å². The quantitative estimate of drug-likeness (QED) is 0.556. The summed E-state index contributed by atoms with van der Waals surface area (Å²) in [6.07, 6.45) is 3.33. The van der Waals surface area contributed by atoms with Crippen LogP contribution in [0, 0.1) is 22.7 Å². The molecule has 2 saturated carbocycles. The van der Waals surface area contributed by atoms with Gasteiger partial charge in [-0.25, -0.2) is 0 Å². The molecule has 4 N–H and O–H groups in total. The molecule has 0 radical (unpaired) electrons. The lowest BCUT2D eigenvalue weighted by Crippen LogP contribution is -2.74. The zero-order chi connectivity index (χ0) is 24.8. The first-order valence-corrected chi connectivity index (χ1v) is 12.6. The number of primary amides is 1. The van der Waals surface area contributed by atoms with E-state index in [9.17, 15) is 14.4 Å².